The van der Waals surface area contributed by atoms with Crippen molar-refractivity contribution in [2.45, 2.75) is 12.5 Å². The predicted octanol–water partition coefficient (Wildman–Crippen LogP) is 4.40. The van der Waals surface area contributed by atoms with Crippen LogP contribution in [0, 0.1) is 15.9 Å². The first-order valence-electron chi connectivity index (χ1n) is 7.08. The van der Waals surface area contributed by atoms with Crippen LogP contribution in [-0.4, -0.2) is 11.5 Å². The van der Waals surface area contributed by atoms with E-state index in [9.17, 15) is 19.1 Å². The minimum absolute atomic E-state index is 0.115. The maximum absolute atomic E-state index is 13.3. The summed E-state index contributed by atoms with van der Waals surface area (Å²) in [7, 11) is -3.90. The highest BCUT2D eigenvalue weighted by atomic mass is 31.2. The molecule has 0 saturated carbocycles. The Morgan fingerprint density at radius 3 is 2.67 bits per heavy atom. The Kier molecular flexibility index (Phi) is 4.62. The van der Waals surface area contributed by atoms with Gasteiger partial charge in [0.05, 0.1) is 17.6 Å². The summed E-state index contributed by atoms with van der Waals surface area (Å²) in [4.78, 5) is 10.1. The van der Waals surface area contributed by atoms with E-state index < -0.39 is 24.7 Å². The van der Waals surface area contributed by atoms with Crippen LogP contribution in [0.15, 0.2) is 48.5 Å². The molecule has 1 aliphatic rings. The molecule has 1 fully saturated rings. The van der Waals surface area contributed by atoms with E-state index in [0.717, 1.165) is 0 Å². The summed E-state index contributed by atoms with van der Waals surface area (Å²) >= 11 is 0. The van der Waals surface area contributed by atoms with Crippen molar-refractivity contribution in [2.75, 3.05) is 6.61 Å². The van der Waals surface area contributed by atoms with E-state index in [0.29, 0.717) is 12.0 Å². The van der Waals surface area contributed by atoms with Crippen LogP contribution in [0.25, 0.3) is 0 Å². The minimum Gasteiger partial charge on any atom is -0.404 e. The number of non-ortho nitro benzene ring substituents is 1. The number of hydrogen-bond donors (Lipinski definition) is 0. The quantitative estimate of drug-likeness (QED) is 0.460. The molecule has 0 amide bonds. The van der Waals surface area contributed by atoms with Gasteiger partial charge in [0.1, 0.15) is 11.6 Å². The first-order chi connectivity index (χ1) is 11.5. The van der Waals surface area contributed by atoms with Crippen molar-refractivity contribution in [1.82, 2.24) is 0 Å². The van der Waals surface area contributed by atoms with E-state index >= 15 is 0 Å². The molecule has 0 spiro atoms. The van der Waals surface area contributed by atoms with Gasteiger partial charge < -0.3 is 4.52 Å². The van der Waals surface area contributed by atoms with Crippen molar-refractivity contribution in [1.29, 1.82) is 0 Å². The summed E-state index contributed by atoms with van der Waals surface area (Å²) < 4.78 is 41.7. The molecule has 0 N–H and O–H groups in total. The van der Waals surface area contributed by atoms with Crippen molar-refractivity contribution < 1.29 is 27.5 Å². The maximum atomic E-state index is 13.3. The average Bonchev–Trinajstić information content (AvgIpc) is 2.55. The highest BCUT2D eigenvalue weighted by Gasteiger charge is 2.37. The van der Waals surface area contributed by atoms with Crippen molar-refractivity contribution in [2.24, 2.45) is 0 Å². The molecule has 24 heavy (non-hydrogen) atoms. The third kappa shape index (κ3) is 3.79. The van der Waals surface area contributed by atoms with Gasteiger partial charge in [0.15, 0.2) is 0 Å². The van der Waals surface area contributed by atoms with E-state index in [1.807, 2.05) is 0 Å². The highest BCUT2D eigenvalue weighted by molar-refractivity contribution is 7.49. The second kappa shape index (κ2) is 6.68. The molecule has 9 heteroatoms. The lowest BCUT2D eigenvalue weighted by Gasteiger charge is -2.29. The molecule has 2 aromatic rings. The van der Waals surface area contributed by atoms with E-state index in [4.69, 9.17) is 13.6 Å². The van der Waals surface area contributed by atoms with Gasteiger partial charge in [-0.2, -0.15) is 0 Å². The molecule has 2 aromatic carbocycles. The largest absolute Gasteiger partial charge is 0.530 e. The lowest BCUT2D eigenvalue weighted by molar-refractivity contribution is -0.384. The van der Waals surface area contributed by atoms with Gasteiger partial charge in [-0.05, 0) is 29.8 Å². The molecular formula is C15H13FNO6P. The van der Waals surface area contributed by atoms with Gasteiger partial charge in [-0.3, -0.25) is 19.2 Å². The topological polar surface area (TPSA) is 87.9 Å². The zero-order valence-corrected chi connectivity index (χ0v) is 13.2. The summed E-state index contributed by atoms with van der Waals surface area (Å²) in [5.74, 6) is -0.308. The number of rotatable bonds is 4. The number of nitro benzene ring substituents is 1. The molecule has 2 atom stereocenters. The van der Waals surface area contributed by atoms with Gasteiger partial charge in [-0.1, -0.05) is 12.1 Å². The van der Waals surface area contributed by atoms with Crippen LogP contribution in [0.2, 0.25) is 0 Å². The van der Waals surface area contributed by atoms with Gasteiger partial charge >= 0.3 is 7.82 Å². The van der Waals surface area contributed by atoms with Gasteiger partial charge in [0.2, 0.25) is 0 Å². The third-order valence-corrected chi connectivity index (χ3v) is 4.82. The predicted molar refractivity (Wildman–Crippen MR) is 82.1 cm³/mol. The van der Waals surface area contributed by atoms with Crippen LogP contribution < -0.4 is 4.52 Å². The summed E-state index contributed by atoms with van der Waals surface area (Å²) in [6.45, 7) is 0.117. The van der Waals surface area contributed by atoms with E-state index in [1.165, 1.54) is 42.5 Å². The van der Waals surface area contributed by atoms with Crippen molar-refractivity contribution >= 4 is 13.5 Å². The standard InChI is InChI=1S/C15H13FNO6P/c16-12-3-1-2-11(10-12)15-8-9-21-24(20,23-15)22-14-6-4-13(5-7-14)17(18)19/h1-7,10,15H,8-9H2/t15-,24-/m0/s1. The SMILES string of the molecule is O=[N+]([O-])c1ccc(O[P@]2(=O)OCC[C@@H](c3cccc(F)c3)O2)cc1. The highest BCUT2D eigenvalue weighted by Crippen LogP contribution is 2.56. The summed E-state index contributed by atoms with van der Waals surface area (Å²) in [6.07, 6.45) is -0.227. The summed E-state index contributed by atoms with van der Waals surface area (Å²) in [6, 6.07) is 10.8. The van der Waals surface area contributed by atoms with Crippen LogP contribution in [-0.2, 0) is 13.6 Å². The Labute approximate surface area is 136 Å². The molecule has 0 radical (unpaired) electrons. The van der Waals surface area contributed by atoms with Gasteiger partial charge in [0.25, 0.3) is 5.69 Å². The lowest BCUT2D eigenvalue weighted by Crippen LogP contribution is -2.16. The second-order valence-corrected chi connectivity index (χ2v) is 6.61. The van der Waals surface area contributed by atoms with Crippen LogP contribution >= 0.6 is 7.82 Å². The van der Waals surface area contributed by atoms with Gasteiger partial charge in [-0.25, -0.2) is 8.96 Å². The summed E-state index contributed by atoms with van der Waals surface area (Å²) in [5.41, 5.74) is 0.412. The fourth-order valence-electron chi connectivity index (χ4n) is 2.25. The van der Waals surface area contributed by atoms with Gasteiger partial charge in [-0.15, -0.1) is 0 Å². The third-order valence-electron chi connectivity index (χ3n) is 3.37. The number of phosphoric ester groups is 1. The zero-order chi connectivity index (χ0) is 17.2. The Morgan fingerprint density at radius 1 is 1.25 bits per heavy atom. The number of benzene rings is 2. The van der Waals surface area contributed by atoms with Crippen LogP contribution in [0.4, 0.5) is 10.1 Å². The smallest absolute Gasteiger partial charge is 0.404 e. The van der Waals surface area contributed by atoms with Crippen LogP contribution in [0.3, 0.4) is 0 Å². The second-order valence-electron chi connectivity index (χ2n) is 5.06. The fourth-order valence-corrected chi connectivity index (χ4v) is 3.65. The molecule has 3 rings (SSSR count). The molecule has 7 nitrogen and oxygen atoms in total. The molecule has 126 valence electrons. The van der Waals surface area contributed by atoms with E-state index in [1.54, 1.807) is 6.07 Å². The van der Waals surface area contributed by atoms with Crippen LogP contribution in [0.5, 0.6) is 5.75 Å². The molecule has 0 aliphatic carbocycles. The number of phosphoric acid groups is 1. The molecular weight excluding hydrogens is 340 g/mol. The molecule has 1 aliphatic heterocycles. The average molecular weight is 353 g/mol. The molecule has 0 bridgehead atoms. The van der Waals surface area contributed by atoms with E-state index in [2.05, 4.69) is 0 Å². The molecule has 1 saturated heterocycles. The Bertz CT molecular complexity index is 797. The van der Waals surface area contributed by atoms with Crippen molar-refractivity contribution in [3.8, 4) is 5.75 Å². The first-order valence-corrected chi connectivity index (χ1v) is 8.54. The van der Waals surface area contributed by atoms with Gasteiger partial charge in [0, 0.05) is 18.6 Å². The monoisotopic (exact) mass is 353 g/mol. The Balaban J connectivity index is 1.75. The fraction of sp³-hybridized carbons (Fsp3) is 0.200. The zero-order valence-electron chi connectivity index (χ0n) is 12.3. The van der Waals surface area contributed by atoms with Crippen molar-refractivity contribution in [3.05, 3.63) is 70.0 Å². The Hall–Kier alpha value is -2.28. The maximum Gasteiger partial charge on any atom is 0.530 e. The number of hydrogen-bond acceptors (Lipinski definition) is 6. The Morgan fingerprint density at radius 2 is 2.00 bits per heavy atom. The first kappa shape index (κ1) is 16.6. The van der Waals surface area contributed by atoms with E-state index in [-0.39, 0.29) is 18.0 Å². The molecule has 0 aromatic heterocycles. The normalized spacial score (nSPS) is 23.6. The number of halogens is 1. The van der Waals surface area contributed by atoms with Crippen molar-refractivity contribution in [3.63, 3.8) is 0 Å². The number of nitrogens with zero attached hydrogens (tertiary/aromatic N) is 1. The number of nitro groups is 1. The summed E-state index contributed by atoms with van der Waals surface area (Å²) in [5, 5.41) is 10.6. The molecule has 1 heterocycles. The van der Waals surface area contributed by atoms with Crippen LogP contribution in [0.1, 0.15) is 18.1 Å². The molecule has 0 unspecified atom stereocenters. The lowest BCUT2D eigenvalue weighted by atomic mass is 10.1. The minimum atomic E-state index is -3.90.